The van der Waals surface area contributed by atoms with Gasteiger partial charge in [-0.2, -0.15) is 0 Å². The Morgan fingerprint density at radius 2 is 1.70 bits per heavy atom. The molecule has 0 saturated heterocycles. The van der Waals surface area contributed by atoms with Crippen molar-refractivity contribution in [2.45, 2.75) is 18.2 Å². The van der Waals surface area contributed by atoms with E-state index in [0.29, 0.717) is 34.4 Å². The number of sulfonamides is 1. The fourth-order valence-electron chi connectivity index (χ4n) is 3.28. The van der Waals surface area contributed by atoms with Crippen molar-refractivity contribution in [3.63, 3.8) is 0 Å². The Hall–Kier alpha value is -2.93. The zero-order chi connectivity index (χ0) is 21.3. The molecule has 152 valence electrons. The number of benzene rings is 3. The molecule has 7 heteroatoms. The average Bonchev–Trinajstić information content (AvgIpc) is 3.14. The van der Waals surface area contributed by atoms with Crippen LogP contribution in [0.4, 0.5) is 0 Å². The lowest BCUT2D eigenvalue weighted by molar-refractivity contribution is 0.518. The third-order valence-corrected chi connectivity index (χ3v) is 6.13. The van der Waals surface area contributed by atoms with E-state index < -0.39 is 10.0 Å². The zero-order valence-electron chi connectivity index (χ0n) is 16.2. The molecule has 0 fully saturated rings. The van der Waals surface area contributed by atoms with Crippen molar-refractivity contribution in [2.75, 3.05) is 0 Å². The summed E-state index contributed by atoms with van der Waals surface area (Å²) in [5.41, 5.74) is 3.60. The Balaban J connectivity index is 1.92. The molecule has 1 aromatic heterocycles. The van der Waals surface area contributed by atoms with E-state index in [9.17, 15) is 8.42 Å². The largest absolute Gasteiger partial charge is 0.440 e. The van der Waals surface area contributed by atoms with E-state index in [-0.39, 0.29) is 4.90 Å². The predicted octanol–water partition coefficient (Wildman–Crippen LogP) is 5.21. The van der Waals surface area contributed by atoms with Gasteiger partial charge >= 0.3 is 0 Å². The number of hydrogen-bond acceptors (Lipinski definition) is 4. The van der Waals surface area contributed by atoms with Crippen LogP contribution in [0.15, 0.2) is 82.1 Å². The predicted molar refractivity (Wildman–Crippen MR) is 118 cm³/mol. The standard InChI is InChI=1S/C23H19ClN2O3S/c1-15-13-17(11-12-19(15)24)22-23(18-9-5-6-10-20(18)30(25,27)28)29-21(26-22)14-16-7-3-2-4-8-16/h2-13H,14H2,1H3,(H2,25,27,28). The van der Waals surface area contributed by atoms with Crippen LogP contribution >= 0.6 is 11.6 Å². The highest BCUT2D eigenvalue weighted by Crippen LogP contribution is 2.37. The van der Waals surface area contributed by atoms with Crippen molar-refractivity contribution in [2.24, 2.45) is 5.14 Å². The van der Waals surface area contributed by atoms with Gasteiger partial charge in [0.2, 0.25) is 10.0 Å². The van der Waals surface area contributed by atoms with Crippen molar-refractivity contribution in [3.8, 4) is 22.6 Å². The lowest BCUT2D eigenvalue weighted by Crippen LogP contribution is -2.13. The Morgan fingerprint density at radius 3 is 2.40 bits per heavy atom. The molecule has 5 nitrogen and oxygen atoms in total. The summed E-state index contributed by atoms with van der Waals surface area (Å²) in [5, 5.41) is 6.09. The molecular formula is C23H19ClN2O3S. The summed E-state index contributed by atoms with van der Waals surface area (Å²) in [5.74, 6) is 0.829. The number of primary sulfonamides is 1. The van der Waals surface area contributed by atoms with Crippen LogP contribution in [0.2, 0.25) is 5.02 Å². The van der Waals surface area contributed by atoms with Gasteiger partial charge < -0.3 is 4.42 Å². The molecule has 0 unspecified atom stereocenters. The van der Waals surface area contributed by atoms with Gasteiger partial charge in [-0.25, -0.2) is 18.5 Å². The van der Waals surface area contributed by atoms with Crippen LogP contribution < -0.4 is 5.14 Å². The van der Waals surface area contributed by atoms with E-state index >= 15 is 0 Å². The monoisotopic (exact) mass is 438 g/mol. The fraction of sp³-hybridized carbons (Fsp3) is 0.0870. The highest BCUT2D eigenvalue weighted by Gasteiger charge is 2.23. The fourth-order valence-corrected chi connectivity index (χ4v) is 4.14. The number of nitrogens with zero attached hydrogens (tertiary/aromatic N) is 1. The number of nitrogens with two attached hydrogens (primary N) is 1. The van der Waals surface area contributed by atoms with Crippen LogP contribution in [0.3, 0.4) is 0 Å². The number of aromatic nitrogens is 1. The van der Waals surface area contributed by atoms with Gasteiger partial charge in [0.25, 0.3) is 0 Å². The molecule has 1 heterocycles. The molecule has 0 atom stereocenters. The molecule has 0 aliphatic rings. The maximum absolute atomic E-state index is 12.2. The second-order valence-corrected chi connectivity index (χ2v) is 8.89. The van der Waals surface area contributed by atoms with Gasteiger partial charge in [-0.3, -0.25) is 0 Å². The molecule has 3 aromatic carbocycles. The summed E-state index contributed by atoms with van der Waals surface area (Å²) in [6, 6.07) is 21.8. The molecule has 0 aliphatic heterocycles. The van der Waals surface area contributed by atoms with Crippen LogP contribution in [-0.4, -0.2) is 13.4 Å². The van der Waals surface area contributed by atoms with Crippen LogP contribution in [0.5, 0.6) is 0 Å². The van der Waals surface area contributed by atoms with Crippen molar-refractivity contribution >= 4 is 21.6 Å². The Bertz CT molecular complexity index is 1320. The minimum Gasteiger partial charge on any atom is -0.440 e. The SMILES string of the molecule is Cc1cc(-c2nc(Cc3ccccc3)oc2-c2ccccc2S(N)(=O)=O)ccc1Cl. The average molecular weight is 439 g/mol. The van der Waals surface area contributed by atoms with Crippen LogP contribution in [0.25, 0.3) is 22.6 Å². The molecule has 0 amide bonds. The molecule has 0 spiro atoms. The molecule has 0 radical (unpaired) electrons. The van der Waals surface area contributed by atoms with E-state index in [0.717, 1.165) is 16.7 Å². The first kappa shape index (κ1) is 20.3. The van der Waals surface area contributed by atoms with E-state index in [1.807, 2.05) is 49.4 Å². The summed E-state index contributed by atoms with van der Waals surface area (Å²) in [7, 11) is -3.95. The van der Waals surface area contributed by atoms with Crippen molar-refractivity contribution in [3.05, 3.63) is 94.8 Å². The third kappa shape index (κ3) is 4.16. The molecule has 30 heavy (non-hydrogen) atoms. The van der Waals surface area contributed by atoms with Crippen LogP contribution in [0, 0.1) is 6.92 Å². The smallest absolute Gasteiger partial charge is 0.238 e. The number of rotatable bonds is 5. The topological polar surface area (TPSA) is 86.2 Å². The second kappa shape index (κ2) is 8.07. The molecule has 4 rings (SSSR count). The zero-order valence-corrected chi connectivity index (χ0v) is 17.7. The molecular weight excluding hydrogens is 420 g/mol. The number of aryl methyl sites for hydroxylation is 1. The van der Waals surface area contributed by atoms with Gasteiger partial charge in [0.1, 0.15) is 5.69 Å². The highest BCUT2D eigenvalue weighted by molar-refractivity contribution is 7.89. The van der Waals surface area contributed by atoms with E-state index in [1.165, 1.54) is 6.07 Å². The number of oxazole rings is 1. The van der Waals surface area contributed by atoms with Gasteiger partial charge in [-0.15, -0.1) is 0 Å². The summed E-state index contributed by atoms with van der Waals surface area (Å²) in [6.07, 6.45) is 0.470. The number of hydrogen-bond donors (Lipinski definition) is 1. The van der Waals surface area contributed by atoms with Crippen molar-refractivity contribution < 1.29 is 12.8 Å². The van der Waals surface area contributed by atoms with Crippen molar-refractivity contribution in [1.29, 1.82) is 0 Å². The highest BCUT2D eigenvalue weighted by atomic mass is 35.5. The maximum Gasteiger partial charge on any atom is 0.238 e. The Morgan fingerprint density at radius 1 is 1.00 bits per heavy atom. The summed E-state index contributed by atoms with van der Waals surface area (Å²) >= 11 is 6.18. The third-order valence-electron chi connectivity index (χ3n) is 4.74. The van der Waals surface area contributed by atoms with E-state index in [4.69, 9.17) is 26.1 Å². The molecule has 4 aromatic rings. The Kier molecular flexibility index (Phi) is 5.47. The minimum atomic E-state index is -3.95. The molecule has 0 aliphatic carbocycles. The van der Waals surface area contributed by atoms with Gasteiger partial charge in [-0.1, -0.05) is 60.1 Å². The lowest BCUT2D eigenvalue weighted by atomic mass is 10.0. The first-order valence-electron chi connectivity index (χ1n) is 9.25. The van der Waals surface area contributed by atoms with Crippen molar-refractivity contribution in [1.82, 2.24) is 4.98 Å². The molecule has 0 bridgehead atoms. The summed E-state index contributed by atoms with van der Waals surface area (Å²) in [4.78, 5) is 4.69. The quantitative estimate of drug-likeness (QED) is 0.463. The van der Waals surface area contributed by atoms with Crippen LogP contribution in [-0.2, 0) is 16.4 Å². The van der Waals surface area contributed by atoms with Gasteiger partial charge in [0.15, 0.2) is 11.7 Å². The summed E-state index contributed by atoms with van der Waals surface area (Å²) < 4.78 is 30.4. The second-order valence-electron chi connectivity index (χ2n) is 6.95. The molecule has 0 saturated carbocycles. The maximum atomic E-state index is 12.2. The lowest BCUT2D eigenvalue weighted by Gasteiger charge is -2.07. The van der Waals surface area contributed by atoms with E-state index in [2.05, 4.69) is 0 Å². The Labute approximate surface area is 180 Å². The first-order valence-corrected chi connectivity index (χ1v) is 11.2. The molecule has 2 N–H and O–H groups in total. The van der Waals surface area contributed by atoms with Gasteiger partial charge in [-0.05, 0) is 42.3 Å². The summed E-state index contributed by atoms with van der Waals surface area (Å²) in [6.45, 7) is 1.90. The van der Waals surface area contributed by atoms with Gasteiger partial charge in [0, 0.05) is 22.6 Å². The van der Waals surface area contributed by atoms with Crippen LogP contribution in [0.1, 0.15) is 17.0 Å². The first-order chi connectivity index (χ1) is 14.3. The minimum absolute atomic E-state index is 0.0145. The van der Waals surface area contributed by atoms with Gasteiger partial charge in [0.05, 0.1) is 4.90 Å². The van der Waals surface area contributed by atoms with E-state index in [1.54, 1.807) is 24.3 Å². The normalized spacial score (nSPS) is 11.6. The number of halogens is 1.